The maximum Gasteiger partial charge on any atom is 0.328 e. The largest absolute Gasteiger partial charge is 0.489 e. The first kappa shape index (κ1) is 22.7. The van der Waals surface area contributed by atoms with Gasteiger partial charge in [0.15, 0.2) is 6.29 Å². The van der Waals surface area contributed by atoms with Gasteiger partial charge in [-0.05, 0) is 37.3 Å². The number of rotatable bonds is 6. The number of urea groups is 1. The molecule has 0 bridgehead atoms. The average molecular weight is 476 g/mol. The lowest BCUT2D eigenvalue weighted by Crippen LogP contribution is -2.42. The van der Waals surface area contributed by atoms with Crippen LogP contribution in [-0.2, 0) is 22.5 Å². The van der Waals surface area contributed by atoms with Gasteiger partial charge in [-0.25, -0.2) is 14.8 Å². The maximum atomic E-state index is 13.1. The van der Waals surface area contributed by atoms with Crippen LogP contribution in [0.2, 0.25) is 0 Å². The van der Waals surface area contributed by atoms with Crippen molar-refractivity contribution in [3.63, 3.8) is 0 Å². The Kier molecular flexibility index (Phi) is 6.29. The molecule has 5 rings (SSSR count). The van der Waals surface area contributed by atoms with Crippen molar-refractivity contribution in [1.82, 2.24) is 14.9 Å². The molecule has 0 aromatic carbocycles. The minimum atomic E-state index is -0.444. The summed E-state index contributed by atoms with van der Waals surface area (Å²) in [6, 6.07) is 5.01. The summed E-state index contributed by atoms with van der Waals surface area (Å²) < 4.78 is 10.9. The Morgan fingerprint density at radius 2 is 2.20 bits per heavy atom. The quantitative estimate of drug-likeness (QED) is 0.625. The molecule has 2 aromatic rings. The molecule has 35 heavy (non-hydrogen) atoms. The number of amides is 3. The zero-order valence-corrected chi connectivity index (χ0v) is 19.0. The number of anilines is 2. The molecule has 11 nitrogen and oxygen atoms in total. The van der Waals surface area contributed by atoms with Crippen LogP contribution in [-0.4, -0.2) is 65.5 Å². The Bertz CT molecular complexity index is 1220. The van der Waals surface area contributed by atoms with E-state index >= 15 is 0 Å². The summed E-state index contributed by atoms with van der Waals surface area (Å²) in [4.78, 5) is 48.9. The number of carbonyl (C=O) groups excluding carboxylic acids is 3. The molecule has 4 heterocycles. The number of nitriles is 1. The minimum absolute atomic E-state index is 0.0273. The van der Waals surface area contributed by atoms with Gasteiger partial charge in [0.05, 0.1) is 18.9 Å². The summed E-state index contributed by atoms with van der Waals surface area (Å²) in [6.07, 6.45) is 5.40. The molecule has 2 aromatic heterocycles. The minimum Gasteiger partial charge on any atom is -0.489 e. The maximum absolute atomic E-state index is 13.1. The van der Waals surface area contributed by atoms with Gasteiger partial charge in [0.2, 0.25) is 5.91 Å². The Hall–Kier alpha value is -4.04. The highest BCUT2D eigenvalue weighted by Crippen LogP contribution is 2.31. The number of aryl methyl sites for hydroxylation is 1. The monoisotopic (exact) mass is 476 g/mol. The van der Waals surface area contributed by atoms with Crippen LogP contribution in [0.4, 0.5) is 16.4 Å². The zero-order valence-electron chi connectivity index (χ0n) is 19.0. The number of morpholine rings is 1. The Balaban J connectivity index is 1.36. The number of fused-ring (bicyclic) bond motifs is 1. The summed E-state index contributed by atoms with van der Waals surface area (Å²) >= 11 is 0. The molecule has 3 amide bonds. The van der Waals surface area contributed by atoms with Crippen LogP contribution in [0, 0.1) is 11.3 Å². The van der Waals surface area contributed by atoms with E-state index in [9.17, 15) is 19.6 Å². The molecule has 0 unspecified atom stereocenters. The van der Waals surface area contributed by atoms with E-state index in [1.165, 1.54) is 11.1 Å². The third kappa shape index (κ3) is 4.93. The number of hydrogen-bond donors (Lipinski definition) is 1. The van der Waals surface area contributed by atoms with Crippen LogP contribution in [0.1, 0.15) is 46.4 Å². The predicted molar refractivity (Wildman–Crippen MR) is 123 cm³/mol. The lowest BCUT2D eigenvalue weighted by atomic mass is 10.0. The first-order valence-electron chi connectivity index (χ1n) is 11.5. The number of aromatic nitrogens is 2. The third-order valence-electron chi connectivity index (χ3n) is 6.12. The SMILES string of the molecule is N#Cc1cnc(NC(=O)N2CCCc3cc(CN4CCOCC4=O)c(C=O)nc32)cc1OC1CC1. The number of nitrogens with zero attached hydrogens (tertiary/aromatic N) is 5. The molecule has 0 spiro atoms. The van der Waals surface area contributed by atoms with Crippen molar-refractivity contribution in [2.75, 3.05) is 36.5 Å². The van der Waals surface area contributed by atoms with Crippen LogP contribution in [0.5, 0.6) is 5.75 Å². The summed E-state index contributed by atoms with van der Waals surface area (Å²) in [5, 5.41) is 12.1. The highest BCUT2D eigenvalue weighted by atomic mass is 16.5. The fraction of sp³-hybridized carbons (Fsp3) is 0.417. The van der Waals surface area contributed by atoms with Gasteiger partial charge in [-0.1, -0.05) is 0 Å². The van der Waals surface area contributed by atoms with Crippen molar-refractivity contribution < 1.29 is 23.9 Å². The topological polar surface area (TPSA) is 138 Å². The number of ether oxygens (including phenoxy) is 2. The van der Waals surface area contributed by atoms with Crippen molar-refractivity contribution in [1.29, 1.82) is 5.26 Å². The van der Waals surface area contributed by atoms with Gasteiger partial charge in [0.1, 0.15) is 41.3 Å². The molecule has 0 radical (unpaired) electrons. The molecule has 1 aliphatic carbocycles. The van der Waals surface area contributed by atoms with E-state index in [-0.39, 0.29) is 36.7 Å². The second-order valence-corrected chi connectivity index (χ2v) is 8.68. The number of hydrogen-bond acceptors (Lipinski definition) is 8. The van der Waals surface area contributed by atoms with Gasteiger partial charge in [-0.3, -0.25) is 19.8 Å². The molecule has 1 saturated heterocycles. The van der Waals surface area contributed by atoms with Crippen molar-refractivity contribution in [3.8, 4) is 11.8 Å². The molecular weight excluding hydrogens is 452 g/mol. The van der Waals surface area contributed by atoms with Gasteiger partial charge in [0, 0.05) is 31.3 Å². The molecule has 1 saturated carbocycles. The Morgan fingerprint density at radius 3 is 2.94 bits per heavy atom. The fourth-order valence-corrected chi connectivity index (χ4v) is 4.14. The molecule has 11 heteroatoms. The molecule has 2 fully saturated rings. The molecule has 0 atom stereocenters. The van der Waals surface area contributed by atoms with Gasteiger partial charge < -0.3 is 14.4 Å². The van der Waals surface area contributed by atoms with Gasteiger partial charge in [0.25, 0.3) is 0 Å². The molecule has 1 N–H and O–H groups in total. The van der Waals surface area contributed by atoms with E-state index in [1.807, 2.05) is 6.07 Å². The van der Waals surface area contributed by atoms with Gasteiger partial charge in [-0.15, -0.1) is 0 Å². The highest BCUT2D eigenvalue weighted by Gasteiger charge is 2.28. The summed E-state index contributed by atoms with van der Waals surface area (Å²) in [7, 11) is 0. The zero-order chi connectivity index (χ0) is 24.4. The van der Waals surface area contributed by atoms with E-state index in [0.29, 0.717) is 55.1 Å². The predicted octanol–water partition coefficient (Wildman–Crippen LogP) is 2.05. The van der Waals surface area contributed by atoms with Crippen LogP contribution in [0.3, 0.4) is 0 Å². The fourth-order valence-electron chi connectivity index (χ4n) is 4.14. The van der Waals surface area contributed by atoms with E-state index in [1.54, 1.807) is 11.0 Å². The van der Waals surface area contributed by atoms with Crippen molar-refractivity contribution >= 4 is 29.9 Å². The number of nitrogens with one attached hydrogen (secondary N) is 1. The van der Waals surface area contributed by atoms with Gasteiger partial charge in [-0.2, -0.15) is 5.26 Å². The second kappa shape index (κ2) is 9.68. The van der Waals surface area contributed by atoms with Crippen molar-refractivity contribution in [3.05, 3.63) is 40.7 Å². The lowest BCUT2D eigenvalue weighted by Gasteiger charge is -2.30. The first-order valence-corrected chi connectivity index (χ1v) is 11.5. The smallest absolute Gasteiger partial charge is 0.328 e. The molecule has 2 aliphatic heterocycles. The number of carbonyl (C=O) groups is 3. The normalized spacial score (nSPS) is 17.4. The Morgan fingerprint density at radius 1 is 1.34 bits per heavy atom. The molecular formula is C24H24N6O5. The summed E-state index contributed by atoms with van der Waals surface area (Å²) in [6.45, 7) is 1.62. The third-order valence-corrected chi connectivity index (χ3v) is 6.12. The highest BCUT2D eigenvalue weighted by molar-refractivity contribution is 6.01. The van der Waals surface area contributed by atoms with Crippen molar-refractivity contribution in [2.45, 2.75) is 38.3 Å². The lowest BCUT2D eigenvalue weighted by molar-refractivity contribution is -0.143. The average Bonchev–Trinajstić information content (AvgIpc) is 3.69. The molecule has 3 aliphatic rings. The van der Waals surface area contributed by atoms with E-state index in [0.717, 1.165) is 24.8 Å². The van der Waals surface area contributed by atoms with Crippen LogP contribution in [0.25, 0.3) is 0 Å². The first-order chi connectivity index (χ1) is 17.1. The summed E-state index contributed by atoms with van der Waals surface area (Å²) in [5.74, 6) is 0.931. The van der Waals surface area contributed by atoms with Crippen molar-refractivity contribution in [2.24, 2.45) is 0 Å². The van der Waals surface area contributed by atoms with Crippen LogP contribution in [0.15, 0.2) is 18.3 Å². The van der Waals surface area contributed by atoms with E-state index in [2.05, 4.69) is 21.4 Å². The van der Waals surface area contributed by atoms with Crippen LogP contribution >= 0.6 is 0 Å². The van der Waals surface area contributed by atoms with E-state index in [4.69, 9.17) is 9.47 Å². The van der Waals surface area contributed by atoms with Gasteiger partial charge >= 0.3 is 6.03 Å². The number of pyridine rings is 2. The van der Waals surface area contributed by atoms with Crippen LogP contribution < -0.4 is 15.0 Å². The van der Waals surface area contributed by atoms with E-state index < -0.39 is 6.03 Å². The summed E-state index contributed by atoms with van der Waals surface area (Å²) in [5.41, 5.74) is 1.98. The number of aldehydes is 1. The molecule has 180 valence electrons. The standard InChI is InChI=1S/C24H24N6O5/c25-10-17-11-26-21(9-20(17)35-18-3-4-18)28-24(33)30-5-1-2-15-8-16(19(13-31)27-23(15)30)12-29-6-7-34-14-22(29)32/h8-9,11,13,18H,1-7,12,14H2,(H,26,28,33). The Labute approximate surface area is 201 Å². The second-order valence-electron chi connectivity index (χ2n) is 8.68.